The largest absolute Gasteiger partial charge is 0.232 e. The Labute approximate surface area is 43.3 Å². The van der Waals surface area contributed by atoms with Crippen LogP contribution < -0.4 is 0 Å². The van der Waals surface area contributed by atoms with E-state index in [0.29, 0.717) is 0 Å². The van der Waals surface area contributed by atoms with Gasteiger partial charge in [0.25, 0.3) is 0 Å². The summed E-state index contributed by atoms with van der Waals surface area (Å²) in [6, 6.07) is 0. The third kappa shape index (κ3) is 0.585. The van der Waals surface area contributed by atoms with Gasteiger partial charge in [0.05, 0.1) is 20.3 Å². The van der Waals surface area contributed by atoms with Gasteiger partial charge in [-0.2, -0.15) is 0 Å². The summed E-state index contributed by atoms with van der Waals surface area (Å²) in [5.74, 6) is 0. The van der Waals surface area contributed by atoms with E-state index in [4.69, 9.17) is 0 Å². The molecule has 1 rings (SSSR count). The second-order valence-electron chi connectivity index (χ2n) is 1.50. The van der Waals surface area contributed by atoms with Crippen molar-refractivity contribution in [1.29, 1.82) is 0 Å². The first-order valence-electron chi connectivity index (χ1n) is 2.15. The third-order valence-corrected chi connectivity index (χ3v) is 0.965. The highest BCUT2D eigenvalue weighted by atomic mass is 15.5. The normalized spacial score (nSPS) is 17.9. The Bertz CT molecular complexity index is 115. The molecule has 0 radical (unpaired) electrons. The molecule has 0 bridgehead atoms. The maximum Gasteiger partial charge on any atom is 0.0938 e. The minimum atomic E-state index is 1.75. The molecule has 0 aliphatic carbocycles. The van der Waals surface area contributed by atoms with Gasteiger partial charge in [0.15, 0.2) is 0 Å². The maximum absolute atomic E-state index is 3.66. The SMILES string of the molecule is C=[N+]1[CH-]C=CN1C. The second kappa shape index (κ2) is 1.30. The van der Waals surface area contributed by atoms with Gasteiger partial charge < -0.3 is 0 Å². The van der Waals surface area contributed by atoms with E-state index in [1.165, 1.54) is 0 Å². The number of rotatable bonds is 0. The molecule has 0 saturated carbocycles. The summed E-state index contributed by atoms with van der Waals surface area (Å²) in [4.78, 5) is 0. The van der Waals surface area contributed by atoms with Crippen LogP contribution in [0.15, 0.2) is 12.3 Å². The van der Waals surface area contributed by atoms with Crippen molar-refractivity contribution in [2.45, 2.75) is 0 Å². The zero-order valence-corrected chi connectivity index (χ0v) is 4.33. The van der Waals surface area contributed by atoms with E-state index in [-0.39, 0.29) is 0 Å². The van der Waals surface area contributed by atoms with Crippen LogP contribution in [-0.2, 0) is 0 Å². The summed E-state index contributed by atoms with van der Waals surface area (Å²) < 4.78 is 1.75. The van der Waals surface area contributed by atoms with Crippen LogP contribution in [-0.4, -0.2) is 23.5 Å². The quantitative estimate of drug-likeness (QED) is 0.309. The van der Waals surface area contributed by atoms with Crippen LogP contribution in [0.5, 0.6) is 0 Å². The first-order chi connectivity index (χ1) is 3.30. The van der Waals surface area contributed by atoms with E-state index >= 15 is 0 Å². The van der Waals surface area contributed by atoms with Crippen LogP contribution in [0.1, 0.15) is 0 Å². The highest BCUT2D eigenvalue weighted by Crippen LogP contribution is 1.97. The molecule has 0 N–H and O–H groups in total. The van der Waals surface area contributed by atoms with E-state index in [2.05, 4.69) is 6.72 Å². The van der Waals surface area contributed by atoms with Crippen molar-refractivity contribution in [3.05, 3.63) is 18.8 Å². The average Bonchev–Trinajstić information content (AvgIpc) is 1.91. The van der Waals surface area contributed by atoms with Crippen molar-refractivity contribution in [3.63, 3.8) is 0 Å². The van der Waals surface area contributed by atoms with Gasteiger partial charge in [0, 0.05) is 0 Å². The first kappa shape index (κ1) is 4.24. The van der Waals surface area contributed by atoms with Crippen LogP contribution in [0, 0.1) is 6.54 Å². The molecular formula is C5H8N2. The van der Waals surface area contributed by atoms with Gasteiger partial charge in [-0.3, -0.25) is 0 Å². The number of hydrazone groups is 1. The van der Waals surface area contributed by atoms with Gasteiger partial charge in [0.1, 0.15) is 0 Å². The smallest absolute Gasteiger partial charge is 0.0938 e. The van der Waals surface area contributed by atoms with Crippen LogP contribution in [0.25, 0.3) is 0 Å². The summed E-state index contributed by atoms with van der Waals surface area (Å²) in [5, 5.41) is 1.89. The fourth-order valence-electron chi connectivity index (χ4n) is 0.453. The molecule has 2 nitrogen and oxygen atoms in total. The Morgan fingerprint density at radius 3 is 2.71 bits per heavy atom. The van der Waals surface area contributed by atoms with E-state index in [9.17, 15) is 0 Å². The molecule has 0 aromatic carbocycles. The Hall–Kier alpha value is -0.920. The summed E-state index contributed by atoms with van der Waals surface area (Å²) in [7, 11) is 1.94. The first-order valence-corrected chi connectivity index (χ1v) is 2.15. The molecule has 0 spiro atoms. The van der Waals surface area contributed by atoms with Crippen molar-refractivity contribution < 1.29 is 4.68 Å². The van der Waals surface area contributed by atoms with Crippen molar-refractivity contribution >= 4 is 6.72 Å². The molecule has 38 valence electrons. The lowest BCUT2D eigenvalue weighted by molar-refractivity contribution is -0.616. The van der Waals surface area contributed by atoms with E-state index in [1.807, 2.05) is 30.9 Å². The molecule has 0 atom stereocenters. The molecule has 0 unspecified atom stereocenters. The summed E-state index contributed by atoms with van der Waals surface area (Å²) in [6.07, 6.45) is 3.88. The molecular weight excluding hydrogens is 88.1 g/mol. The van der Waals surface area contributed by atoms with Crippen molar-refractivity contribution in [2.24, 2.45) is 0 Å². The molecule has 0 amide bonds. The molecule has 0 aromatic rings. The number of hydrazine groups is 1. The van der Waals surface area contributed by atoms with Gasteiger partial charge in [-0.05, 0) is 6.20 Å². The molecule has 1 aliphatic rings. The van der Waals surface area contributed by atoms with Crippen LogP contribution in [0.3, 0.4) is 0 Å². The molecule has 1 heterocycles. The predicted octanol–water partition coefficient (Wildman–Crippen LogP) is 0.235. The number of hydrogen-bond acceptors (Lipinski definition) is 1. The lowest BCUT2D eigenvalue weighted by atomic mass is 10.6. The molecule has 2 heteroatoms. The van der Waals surface area contributed by atoms with Gasteiger partial charge in [0.2, 0.25) is 0 Å². The highest BCUT2D eigenvalue weighted by Gasteiger charge is 1.99. The minimum Gasteiger partial charge on any atom is -0.232 e. The fourth-order valence-corrected chi connectivity index (χ4v) is 0.453. The maximum atomic E-state index is 3.66. The van der Waals surface area contributed by atoms with E-state index in [1.54, 1.807) is 4.68 Å². The van der Waals surface area contributed by atoms with Crippen LogP contribution in [0.4, 0.5) is 0 Å². The summed E-state index contributed by atoms with van der Waals surface area (Å²) in [5.41, 5.74) is 0. The van der Waals surface area contributed by atoms with E-state index < -0.39 is 0 Å². The van der Waals surface area contributed by atoms with Gasteiger partial charge >= 0.3 is 0 Å². The Morgan fingerprint density at radius 1 is 1.86 bits per heavy atom. The monoisotopic (exact) mass is 96.1 g/mol. The number of hydrogen-bond donors (Lipinski definition) is 0. The Balaban J connectivity index is 2.62. The highest BCUT2D eigenvalue weighted by molar-refractivity contribution is 5.16. The van der Waals surface area contributed by atoms with E-state index in [0.717, 1.165) is 0 Å². The molecule has 7 heavy (non-hydrogen) atoms. The topological polar surface area (TPSA) is 6.25 Å². The van der Waals surface area contributed by atoms with Gasteiger partial charge in [-0.1, -0.05) is 6.08 Å². The summed E-state index contributed by atoms with van der Waals surface area (Å²) in [6.45, 7) is 5.55. The molecule has 1 aliphatic heterocycles. The van der Waals surface area contributed by atoms with Crippen LogP contribution in [0.2, 0.25) is 0 Å². The lowest BCUT2D eigenvalue weighted by Crippen LogP contribution is -2.16. The zero-order valence-electron chi connectivity index (χ0n) is 4.33. The summed E-state index contributed by atoms with van der Waals surface area (Å²) >= 11 is 0. The minimum absolute atomic E-state index is 1.75. The second-order valence-corrected chi connectivity index (χ2v) is 1.50. The van der Waals surface area contributed by atoms with Gasteiger partial charge in [-0.15, -0.1) is 0 Å². The van der Waals surface area contributed by atoms with Gasteiger partial charge in [-0.25, -0.2) is 9.69 Å². The standard InChI is InChI=1S/C5H8N2/c1-6-4-3-5-7(6)2/h3-5H,1H2,2H3. The van der Waals surface area contributed by atoms with Crippen molar-refractivity contribution in [3.8, 4) is 0 Å². The fraction of sp³-hybridized carbons (Fsp3) is 0.200. The Morgan fingerprint density at radius 2 is 2.57 bits per heavy atom. The Kier molecular flexibility index (Phi) is 0.785. The van der Waals surface area contributed by atoms with Crippen molar-refractivity contribution in [1.82, 2.24) is 5.01 Å². The average molecular weight is 96.1 g/mol. The van der Waals surface area contributed by atoms with Crippen LogP contribution >= 0.6 is 0 Å². The third-order valence-electron chi connectivity index (χ3n) is 0.965. The predicted molar refractivity (Wildman–Crippen MR) is 28.6 cm³/mol. The lowest BCUT2D eigenvalue weighted by Gasteiger charge is -2.06. The molecule has 0 fully saturated rings. The molecule has 0 aromatic heterocycles. The molecule has 0 saturated heterocycles. The van der Waals surface area contributed by atoms with Crippen molar-refractivity contribution in [2.75, 3.05) is 7.05 Å². The zero-order chi connectivity index (χ0) is 5.28. The number of nitrogens with zero attached hydrogens (tertiary/aromatic N) is 2.